The van der Waals surface area contributed by atoms with Crippen LogP contribution in [0, 0.1) is 6.92 Å². The maximum Gasteiger partial charge on any atom is 0.0912 e. The van der Waals surface area contributed by atoms with Gasteiger partial charge in [0.25, 0.3) is 0 Å². The van der Waals surface area contributed by atoms with Gasteiger partial charge in [-0.25, -0.2) is 0 Å². The van der Waals surface area contributed by atoms with Gasteiger partial charge in [0.05, 0.1) is 17.6 Å². The Kier molecular flexibility index (Phi) is 5.48. The maximum absolute atomic E-state index is 4.66. The number of H-pyrrole nitrogens is 1. The monoisotopic (exact) mass is 413 g/mol. The lowest BCUT2D eigenvalue weighted by Crippen LogP contribution is -1.93. The summed E-state index contributed by atoms with van der Waals surface area (Å²) in [6.45, 7) is 2.00. The van der Waals surface area contributed by atoms with E-state index in [-0.39, 0.29) is 0 Å². The third-order valence-electron chi connectivity index (χ3n) is 5.52. The van der Waals surface area contributed by atoms with Gasteiger partial charge in [0.1, 0.15) is 0 Å². The Balaban J connectivity index is 1.53. The molecule has 0 saturated heterocycles. The van der Waals surface area contributed by atoms with Crippen LogP contribution in [0.3, 0.4) is 0 Å². The van der Waals surface area contributed by atoms with Gasteiger partial charge in [-0.05, 0) is 66.0 Å². The number of fused-ring (bicyclic) bond motifs is 1. The first-order chi connectivity index (χ1) is 15.8. The molecular formula is C29H23N3. The van der Waals surface area contributed by atoms with Crippen molar-refractivity contribution < 1.29 is 0 Å². The Bertz CT molecular complexity index is 1370. The molecule has 0 unspecified atom stereocenters. The average molecular weight is 414 g/mol. The summed E-state index contributed by atoms with van der Waals surface area (Å²) in [5.74, 6) is 0. The van der Waals surface area contributed by atoms with Gasteiger partial charge in [-0.1, -0.05) is 66.8 Å². The van der Waals surface area contributed by atoms with E-state index in [2.05, 4.69) is 93.8 Å². The minimum Gasteiger partial charge on any atom is -0.276 e. The highest BCUT2D eigenvalue weighted by Crippen LogP contribution is 2.30. The molecule has 0 bridgehead atoms. The van der Waals surface area contributed by atoms with Crippen LogP contribution in [0.2, 0.25) is 0 Å². The summed E-state index contributed by atoms with van der Waals surface area (Å²) in [7, 11) is 0. The van der Waals surface area contributed by atoms with E-state index >= 15 is 0 Å². The molecule has 3 aromatic rings. The predicted molar refractivity (Wildman–Crippen MR) is 132 cm³/mol. The molecule has 2 aliphatic rings. The summed E-state index contributed by atoms with van der Waals surface area (Å²) in [4.78, 5) is 4.66. The standard InChI is InChI=1S/C29H23N3/c1-21-9-7-16-28(31-21)29-27(20-30-32-29)24-14-8-15-26-19-25(22-10-3-2-4-11-22)13-6-5-12-23(26)17-18-24/h2-5,7-11,13-20H,6H2,1H3,(H,30,32)/b15-8+,18-17?,24-14?,25-13+,26-19-. The molecule has 154 valence electrons. The zero-order chi connectivity index (χ0) is 21.8. The molecule has 1 N–H and O–H groups in total. The molecule has 0 amide bonds. The minimum absolute atomic E-state index is 0.850. The number of benzene rings is 1. The lowest BCUT2D eigenvalue weighted by Gasteiger charge is -2.11. The molecular weight excluding hydrogens is 390 g/mol. The number of rotatable bonds is 3. The van der Waals surface area contributed by atoms with Crippen LogP contribution < -0.4 is 0 Å². The topological polar surface area (TPSA) is 41.6 Å². The van der Waals surface area contributed by atoms with E-state index in [1.807, 2.05) is 37.4 Å². The van der Waals surface area contributed by atoms with Gasteiger partial charge in [0.2, 0.25) is 0 Å². The molecule has 2 aliphatic carbocycles. The third-order valence-corrected chi connectivity index (χ3v) is 5.52. The van der Waals surface area contributed by atoms with Crippen molar-refractivity contribution in [2.45, 2.75) is 13.3 Å². The smallest absolute Gasteiger partial charge is 0.0912 e. The summed E-state index contributed by atoms with van der Waals surface area (Å²) in [5, 5.41) is 7.42. The number of allylic oxidation sites excluding steroid dienone is 11. The predicted octanol–water partition coefficient (Wildman–Crippen LogP) is 6.78. The van der Waals surface area contributed by atoms with E-state index in [9.17, 15) is 0 Å². The van der Waals surface area contributed by atoms with Crippen molar-refractivity contribution in [1.29, 1.82) is 0 Å². The molecule has 3 nitrogen and oxygen atoms in total. The van der Waals surface area contributed by atoms with E-state index in [4.69, 9.17) is 0 Å². The van der Waals surface area contributed by atoms with Crippen LogP contribution in [-0.4, -0.2) is 15.2 Å². The molecule has 5 rings (SSSR count). The zero-order valence-electron chi connectivity index (χ0n) is 17.9. The van der Waals surface area contributed by atoms with Crippen molar-refractivity contribution in [3.05, 3.63) is 137 Å². The molecule has 0 saturated carbocycles. The van der Waals surface area contributed by atoms with Crippen molar-refractivity contribution in [2.75, 3.05) is 0 Å². The van der Waals surface area contributed by atoms with Crippen LogP contribution in [0.4, 0.5) is 0 Å². The van der Waals surface area contributed by atoms with Crippen LogP contribution in [0.1, 0.15) is 23.2 Å². The zero-order valence-corrected chi connectivity index (χ0v) is 17.9. The van der Waals surface area contributed by atoms with Crippen molar-refractivity contribution >= 4 is 11.1 Å². The van der Waals surface area contributed by atoms with Crippen LogP contribution in [0.25, 0.3) is 22.5 Å². The van der Waals surface area contributed by atoms with Crippen molar-refractivity contribution in [3.63, 3.8) is 0 Å². The highest BCUT2D eigenvalue weighted by molar-refractivity contribution is 5.85. The van der Waals surface area contributed by atoms with Crippen molar-refractivity contribution in [1.82, 2.24) is 15.2 Å². The second-order valence-corrected chi connectivity index (χ2v) is 7.76. The van der Waals surface area contributed by atoms with Gasteiger partial charge < -0.3 is 0 Å². The summed E-state index contributed by atoms with van der Waals surface area (Å²) < 4.78 is 0. The first-order valence-electron chi connectivity index (χ1n) is 10.7. The number of aryl methyl sites for hydroxylation is 1. The Hall–Kier alpha value is -4.20. The number of pyridine rings is 1. The van der Waals surface area contributed by atoms with Gasteiger partial charge in [-0.3, -0.25) is 10.1 Å². The Morgan fingerprint density at radius 2 is 1.81 bits per heavy atom. The van der Waals surface area contributed by atoms with Crippen LogP contribution in [0.5, 0.6) is 0 Å². The van der Waals surface area contributed by atoms with E-state index in [1.54, 1.807) is 0 Å². The highest BCUT2D eigenvalue weighted by atomic mass is 15.1. The molecule has 0 atom stereocenters. The third kappa shape index (κ3) is 4.15. The SMILES string of the molecule is Cc1cccc(-c2[nH]ncc2C2=C/C=C/C3=C/C(c4ccccc4)=C\CC=C=C3C=C2)n1. The van der Waals surface area contributed by atoms with Gasteiger partial charge in [-0.15, -0.1) is 5.73 Å². The number of nitrogens with one attached hydrogen (secondary N) is 1. The van der Waals surface area contributed by atoms with Gasteiger partial charge >= 0.3 is 0 Å². The lowest BCUT2D eigenvalue weighted by molar-refractivity contribution is 1.08. The fourth-order valence-electron chi connectivity index (χ4n) is 3.90. The Labute approximate surface area is 188 Å². The summed E-state index contributed by atoms with van der Waals surface area (Å²) in [6.07, 6.45) is 19.9. The molecule has 3 heteroatoms. The molecule has 32 heavy (non-hydrogen) atoms. The van der Waals surface area contributed by atoms with Crippen LogP contribution in [-0.2, 0) is 0 Å². The largest absolute Gasteiger partial charge is 0.276 e. The molecule has 0 aliphatic heterocycles. The Morgan fingerprint density at radius 1 is 0.906 bits per heavy atom. The van der Waals surface area contributed by atoms with Crippen LogP contribution in [0.15, 0.2) is 120 Å². The van der Waals surface area contributed by atoms with Crippen LogP contribution >= 0.6 is 0 Å². The van der Waals surface area contributed by atoms with Crippen molar-refractivity contribution in [3.8, 4) is 11.4 Å². The molecule has 2 aromatic heterocycles. The van der Waals surface area contributed by atoms with E-state index in [0.29, 0.717) is 0 Å². The highest BCUT2D eigenvalue weighted by Gasteiger charge is 2.13. The quantitative estimate of drug-likeness (QED) is 0.481. The van der Waals surface area contributed by atoms with E-state index < -0.39 is 0 Å². The average Bonchev–Trinajstić information content (AvgIpc) is 3.27. The first kappa shape index (κ1) is 19.7. The van der Waals surface area contributed by atoms with Gasteiger partial charge in [0, 0.05) is 16.8 Å². The summed E-state index contributed by atoms with van der Waals surface area (Å²) in [6, 6.07) is 16.5. The Morgan fingerprint density at radius 3 is 2.69 bits per heavy atom. The molecule has 0 radical (unpaired) electrons. The summed E-state index contributed by atoms with van der Waals surface area (Å²) >= 11 is 0. The second kappa shape index (κ2) is 8.89. The first-order valence-corrected chi connectivity index (χ1v) is 10.7. The molecule has 0 fully saturated rings. The van der Waals surface area contributed by atoms with Gasteiger partial charge in [0.15, 0.2) is 0 Å². The number of hydrogen-bond donors (Lipinski definition) is 1. The fourth-order valence-corrected chi connectivity index (χ4v) is 3.90. The molecule has 2 heterocycles. The van der Waals surface area contributed by atoms with Gasteiger partial charge in [-0.2, -0.15) is 5.10 Å². The normalized spacial score (nSPS) is 19.7. The minimum atomic E-state index is 0.850. The van der Waals surface area contributed by atoms with Crippen molar-refractivity contribution in [2.24, 2.45) is 0 Å². The number of hydrogen-bond acceptors (Lipinski definition) is 2. The number of nitrogens with zero attached hydrogens (tertiary/aromatic N) is 2. The second-order valence-electron chi connectivity index (χ2n) is 7.76. The fraction of sp³-hybridized carbons (Fsp3) is 0.0690. The number of aromatic nitrogens is 3. The lowest BCUT2D eigenvalue weighted by atomic mass is 9.93. The molecule has 0 spiro atoms. The summed E-state index contributed by atoms with van der Waals surface area (Å²) in [5.41, 5.74) is 13.0. The maximum atomic E-state index is 4.66. The van der Waals surface area contributed by atoms with E-state index in [1.165, 1.54) is 11.1 Å². The van der Waals surface area contributed by atoms with E-state index in [0.717, 1.165) is 45.8 Å². The molecule has 1 aromatic carbocycles. The number of aromatic amines is 1.